The molecule has 1 amide bonds. The number of carbonyl (C=O) groups excluding carboxylic acids is 1. The number of hydrogen-bond acceptors (Lipinski definition) is 4. The Morgan fingerprint density at radius 1 is 1.18 bits per heavy atom. The van der Waals surface area contributed by atoms with Gasteiger partial charge in [-0.3, -0.25) is 4.79 Å². The summed E-state index contributed by atoms with van der Waals surface area (Å²) in [5.41, 5.74) is 2.01. The molecule has 0 aliphatic heterocycles. The normalized spacial score (nSPS) is 10.9. The zero-order valence-corrected chi connectivity index (χ0v) is 16.9. The average molecular weight is 440 g/mol. The molecule has 0 radical (unpaired) electrons. The number of imidazole rings is 1. The Morgan fingerprint density at radius 2 is 1.93 bits per heavy atom. The van der Waals surface area contributed by atoms with Crippen molar-refractivity contribution in [3.8, 4) is 0 Å². The number of nitrogens with zero attached hydrogens (tertiary/aromatic N) is 2. The van der Waals surface area contributed by atoms with Gasteiger partial charge in [0, 0.05) is 12.2 Å². The topological polar surface area (TPSA) is 67.1 Å². The Bertz CT molecular complexity index is 980. The van der Waals surface area contributed by atoms with Crippen LogP contribution in [0.1, 0.15) is 11.3 Å². The van der Waals surface area contributed by atoms with Crippen molar-refractivity contribution in [2.24, 2.45) is 0 Å². The van der Waals surface area contributed by atoms with Crippen LogP contribution >= 0.6 is 35.0 Å². The molecule has 2 aromatic carbocycles. The minimum Gasteiger partial charge on any atom is -0.390 e. The largest absolute Gasteiger partial charge is 0.390 e. The van der Waals surface area contributed by atoms with E-state index in [1.54, 1.807) is 41.1 Å². The van der Waals surface area contributed by atoms with E-state index in [-0.39, 0.29) is 24.1 Å². The van der Waals surface area contributed by atoms with Gasteiger partial charge in [0.05, 0.1) is 34.3 Å². The van der Waals surface area contributed by atoms with Crippen molar-refractivity contribution < 1.29 is 14.3 Å². The molecule has 0 saturated carbocycles. The maximum atomic E-state index is 13.1. The van der Waals surface area contributed by atoms with Crippen molar-refractivity contribution in [1.29, 1.82) is 0 Å². The number of amides is 1. The molecule has 9 heteroatoms. The Morgan fingerprint density at radius 3 is 2.61 bits per heavy atom. The van der Waals surface area contributed by atoms with Crippen LogP contribution in [0.4, 0.5) is 10.1 Å². The van der Waals surface area contributed by atoms with Crippen LogP contribution in [0, 0.1) is 5.82 Å². The summed E-state index contributed by atoms with van der Waals surface area (Å²) in [4.78, 5) is 16.5. The monoisotopic (exact) mass is 439 g/mol. The SMILES string of the molecule is O=C(CSc1ncc(CO)n1Cc1ccc(F)cc1)Nc1ccc(Cl)c(Cl)c1. The molecule has 0 spiro atoms. The standard InChI is InChI=1S/C19H16Cl2FN3O2S/c20-16-6-5-14(7-17(16)21)24-18(27)11-28-19-23-8-15(10-26)25(19)9-12-1-3-13(22)4-2-12/h1-8,26H,9-11H2,(H,24,27). The van der Waals surface area contributed by atoms with Gasteiger partial charge >= 0.3 is 0 Å². The minimum atomic E-state index is -0.315. The van der Waals surface area contributed by atoms with Crippen LogP contribution in [0.25, 0.3) is 0 Å². The number of aliphatic hydroxyl groups is 1. The number of carbonyl (C=O) groups is 1. The van der Waals surface area contributed by atoms with Crippen molar-refractivity contribution in [1.82, 2.24) is 9.55 Å². The summed E-state index contributed by atoms with van der Waals surface area (Å²) in [5.74, 6) is -0.429. The first-order valence-electron chi connectivity index (χ1n) is 8.23. The molecule has 0 bridgehead atoms. The van der Waals surface area contributed by atoms with Crippen LogP contribution in [0.2, 0.25) is 10.0 Å². The van der Waals surface area contributed by atoms with E-state index in [9.17, 15) is 14.3 Å². The zero-order valence-electron chi connectivity index (χ0n) is 14.5. The minimum absolute atomic E-state index is 0.117. The Labute approximate surface area is 175 Å². The van der Waals surface area contributed by atoms with Crippen molar-refractivity contribution in [3.05, 3.63) is 75.8 Å². The summed E-state index contributed by atoms with van der Waals surface area (Å²) < 4.78 is 14.9. The summed E-state index contributed by atoms with van der Waals surface area (Å²) in [6.45, 7) is 0.219. The predicted molar refractivity (Wildman–Crippen MR) is 109 cm³/mol. The Hall–Kier alpha value is -2.06. The van der Waals surface area contributed by atoms with Crippen molar-refractivity contribution in [3.63, 3.8) is 0 Å². The molecule has 0 saturated heterocycles. The second-order valence-corrected chi connectivity index (χ2v) is 7.63. The lowest BCUT2D eigenvalue weighted by Crippen LogP contribution is -2.15. The zero-order chi connectivity index (χ0) is 20.1. The summed E-state index contributed by atoms with van der Waals surface area (Å²) in [6, 6.07) is 10.9. The summed E-state index contributed by atoms with van der Waals surface area (Å²) >= 11 is 13.0. The molecule has 1 aromatic heterocycles. The van der Waals surface area contributed by atoms with Gasteiger partial charge < -0.3 is 15.0 Å². The van der Waals surface area contributed by atoms with Crippen LogP contribution in [-0.2, 0) is 17.9 Å². The molecule has 0 atom stereocenters. The number of nitrogens with one attached hydrogen (secondary N) is 1. The fourth-order valence-electron chi connectivity index (χ4n) is 2.48. The molecule has 0 aliphatic carbocycles. The maximum Gasteiger partial charge on any atom is 0.234 e. The van der Waals surface area contributed by atoms with Gasteiger partial charge in [0.2, 0.25) is 5.91 Å². The first kappa shape index (κ1) is 20.7. The number of aliphatic hydroxyl groups excluding tert-OH is 1. The van der Waals surface area contributed by atoms with E-state index < -0.39 is 0 Å². The Kier molecular flexibility index (Phi) is 6.96. The van der Waals surface area contributed by atoms with E-state index >= 15 is 0 Å². The molecule has 28 heavy (non-hydrogen) atoms. The van der Waals surface area contributed by atoms with Gasteiger partial charge in [-0.1, -0.05) is 47.1 Å². The lowest BCUT2D eigenvalue weighted by atomic mass is 10.2. The molecule has 3 rings (SSSR count). The number of benzene rings is 2. The summed E-state index contributed by atoms with van der Waals surface area (Å²) in [7, 11) is 0. The highest BCUT2D eigenvalue weighted by molar-refractivity contribution is 7.99. The number of aromatic nitrogens is 2. The number of rotatable bonds is 7. The van der Waals surface area contributed by atoms with Crippen LogP contribution in [0.5, 0.6) is 0 Å². The van der Waals surface area contributed by atoms with E-state index in [4.69, 9.17) is 23.2 Å². The van der Waals surface area contributed by atoms with Gasteiger partial charge in [-0.2, -0.15) is 0 Å². The molecular formula is C19H16Cl2FN3O2S. The molecule has 146 valence electrons. The van der Waals surface area contributed by atoms with E-state index in [0.29, 0.717) is 33.1 Å². The number of hydrogen-bond donors (Lipinski definition) is 2. The van der Waals surface area contributed by atoms with E-state index in [1.807, 2.05) is 0 Å². The highest BCUT2D eigenvalue weighted by Gasteiger charge is 2.13. The number of thioether (sulfide) groups is 1. The quantitative estimate of drug-likeness (QED) is 0.527. The molecule has 1 heterocycles. The number of anilines is 1. The van der Waals surface area contributed by atoms with Gasteiger partial charge in [-0.15, -0.1) is 0 Å². The van der Waals surface area contributed by atoms with Crippen molar-refractivity contribution in [2.75, 3.05) is 11.1 Å². The first-order chi connectivity index (χ1) is 13.5. The fourth-order valence-corrected chi connectivity index (χ4v) is 3.57. The van der Waals surface area contributed by atoms with Gasteiger partial charge in [-0.25, -0.2) is 9.37 Å². The lowest BCUT2D eigenvalue weighted by molar-refractivity contribution is -0.113. The van der Waals surface area contributed by atoms with Gasteiger partial charge in [0.1, 0.15) is 5.82 Å². The average Bonchev–Trinajstić information content (AvgIpc) is 3.06. The molecule has 2 N–H and O–H groups in total. The third-order valence-electron chi connectivity index (χ3n) is 3.85. The molecule has 0 aliphatic rings. The third-order valence-corrected chi connectivity index (χ3v) is 5.58. The van der Waals surface area contributed by atoms with Crippen LogP contribution in [-0.4, -0.2) is 26.3 Å². The van der Waals surface area contributed by atoms with Crippen molar-refractivity contribution >= 4 is 46.6 Å². The van der Waals surface area contributed by atoms with E-state index in [1.165, 1.54) is 23.9 Å². The predicted octanol–water partition coefficient (Wildman–Crippen LogP) is 4.60. The smallest absolute Gasteiger partial charge is 0.234 e. The second kappa shape index (κ2) is 9.43. The molecule has 5 nitrogen and oxygen atoms in total. The lowest BCUT2D eigenvalue weighted by Gasteiger charge is -2.11. The maximum absolute atomic E-state index is 13.1. The molecule has 3 aromatic rings. The second-order valence-electron chi connectivity index (χ2n) is 5.87. The highest BCUT2D eigenvalue weighted by atomic mass is 35.5. The molecular weight excluding hydrogens is 424 g/mol. The summed E-state index contributed by atoms with van der Waals surface area (Å²) in [5, 5.41) is 13.6. The third kappa shape index (κ3) is 5.26. The van der Waals surface area contributed by atoms with Crippen molar-refractivity contribution in [2.45, 2.75) is 18.3 Å². The first-order valence-corrected chi connectivity index (χ1v) is 9.98. The van der Waals surface area contributed by atoms with Gasteiger partial charge in [-0.05, 0) is 35.9 Å². The Balaban J connectivity index is 1.66. The van der Waals surface area contributed by atoms with Crippen LogP contribution in [0.3, 0.4) is 0 Å². The summed E-state index contributed by atoms with van der Waals surface area (Å²) in [6.07, 6.45) is 1.56. The molecule has 0 fully saturated rings. The van der Waals surface area contributed by atoms with Gasteiger partial charge in [0.15, 0.2) is 5.16 Å². The number of halogens is 3. The van der Waals surface area contributed by atoms with Gasteiger partial charge in [0.25, 0.3) is 0 Å². The fraction of sp³-hybridized carbons (Fsp3) is 0.158. The van der Waals surface area contributed by atoms with Crippen LogP contribution in [0.15, 0.2) is 53.8 Å². The highest BCUT2D eigenvalue weighted by Crippen LogP contribution is 2.26. The van der Waals surface area contributed by atoms with E-state index in [0.717, 1.165) is 5.56 Å². The molecule has 0 unspecified atom stereocenters. The van der Waals surface area contributed by atoms with E-state index in [2.05, 4.69) is 10.3 Å². The van der Waals surface area contributed by atoms with Crippen LogP contribution < -0.4 is 5.32 Å².